The van der Waals surface area contributed by atoms with Crippen molar-refractivity contribution < 1.29 is 0 Å². The molecule has 1 aromatic rings. The lowest BCUT2D eigenvalue weighted by atomic mass is 9.94. The Morgan fingerprint density at radius 2 is 1.71 bits per heavy atom. The number of rotatable bonds is 4. The van der Waals surface area contributed by atoms with Gasteiger partial charge in [-0.3, -0.25) is 0 Å². The highest BCUT2D eigenvalue weighted by Crippen LogP contribution is 2.02. The van der Waals surface area contributed by atoms with Gasteiger partial charge in [-0.05, 0) is 18.9 Å². The lowest BCUT2D eigenvalue weighted by Crippen LogP contribution is -2.33. The first-order chi connectivity index (χ1) is 6.58. The molecule has 0 bridgehead atoms. The van der Waals surface area contributed by atoms with E-state index in [1.54, 1.807) is 0 Å². The van der Waals surface area contributed by atoms with Gasteiger partial charge in [0.1, 0.15) is 7.85 Å². The van der Waals surface area contributed by atoms with Crippen LogP contribution in [-0.4, -0.2) is 19.9 Å². The molecular weight excluding hydrogens is 169 g/mol. The van der Waals surface area contributed by atoms with Gasteiger partial charge in [-0.1, -0.05) is 43.6 Å². The molecule has 0 fully saturated rings. The lowest BCUT2D eigenvalue weighted by Gasteiger charge is -2.16. The summed E-state index contributed by atoms with van der Waals surface area (Å²) in [5.41, 5.74) is 2.16. The van der Waals surface area contributed by atoms with Crippen LogP contribution in [0.1, 0.15) is 26.3 Å². The van der Waals surface area contributed by atoms with Gasteiger partial charge in [0.25, 0.3) is 0 Å². The normalized spacial score (nSPS) is 13.1. The third-order valence-electron chi connectivity index (χ3n) is 2.14. The molecule has 0 aliphatic rings. The van der Waals surface area contributed by atoms with Gasteiger partial charge < -0.3 is 5.32 Å². The average molecular weight is 187 g/mol. The second-order valence-corrected chi connectivity index (χ2v) is 4.17. The Labute approximate surface area is 88.3 Å². The molecule has 1 rings (SSSR count). The predicted molar refractivity (Wildman–Crippen MR) is 63.3 cm³/mol. The first-order valence-electron chi connectivity index (χ1n) is 5.18. The van der Waals surface area contributed by atoms with E-state index >= 15 is 0 Å². The summed E-state index contributed by atoms with van der Waals surface area (Å²) in [6, 6.07) is 9.15. The zero-order valence-electron chi connectivity index (χ0n) is 9.25. The standard InChI is InChI=1S/C12H18BN/c1-9(2)14-10(3)8-11-4-6-12(13)7-5-11/h4-7,9-10,14H,8H2,1-3H3. The molecule has 0 amide bonds. The van der Waals surface area contributed by atoms with Crippen LogP contribution in [0.4, 0.5) is 0 Å². The molecular formula is C12H18BN. The number of hydrogen-bond donors (Lipinski definition) is 1. The molecule has 0 saturated heterocycles. The zero-order chi connectivity index (χ0) is 10.6. The summed E-state index contributed by atoms with van der Waals surface area (Å²) in [6.45, 7) is 6.54. The molecule has 0 spiro atoms. The number of nitrogens with one attached hydrogen (secondary N) is 1. The molecule has 1 nitrogen and oxygen atoms in total. The monoisotopic (exact) mass is 187 g/mol. The van der Waals surface area contributed by atoms with Crippen molar-refractivity contribution in [2.75, 3.05) is 0 Å². The second-order valence-electron chi connectivity index (χ2n) is 4.17. The fraction of sp³-hybridized carbons (Fsp3) is 0.500. The van der Waals surface area contributed by atoms with E-state index in [2.05, 4.69) is 38.2 Å². The van der Waals surface area contributed by atoms with E-state index in [9.17, 15) is 0 Å². The highest BCUT2D eigenvalue weighted by atomic mass is 14.9. The van der Waals surface area contributed by atoms with Crippen molar-refractivity contribution in [3.63, 3.8) is 0 Å². The summed E-state index contributed by atoms with van der Waals surface area (Å²) >= 11 is 0. The molecule has 14 heavy (non-hydrogen) atoms. The Balaban J connectivity index is 2.47. The lowest BCUT2D eigenvalue weighted by molar-refractivity contribution is 0.488. The summed E-state index contributed by atoms with van der Waals surface area (Å²) in [6.07, 6.45) is 1.05. The van der Waals surface area contributed by atoms with Gasteiger partial charge >= 0.3 is 0 Å². The van der Waals surface area contributed by atoms with Gasteiger partial charge in [0.2, 0.25) is 0 Å². The summed E-state index contributed by atoms with van der Waals surface area (Å²) in [4.78, 5) is 0. The summed E-state index contributed by atoms with van der Waals surface area (Å²) < 4.78 is 0. The van der Waals surface area contributed by atoms with E-state index in [1.807, 2.05) is 12.1 Å². The van der Waals surface area contributed by atoms with E-state index in [-0.39, 0.29) is 0 Å². The smallest absolute Gasteiger partial charge is 0.113 e. The maximum absolute atomic E-state index is 5.62. The maximum Gasteiger partial charge on any atom is 0.113 e. The first kappa shape index (κ1) is 11.3. The minimum Gasteiger partial charge on any atom is -0.312 e. The number of hydrogen-bond acceptors (Lipinski definition) is 1. The summed E-state index contributed by atoms with van der Waals surface area (Å²) in [5, 5.41) is 3.47. The Kier molecular flexibility index (Phi) is 4.21. The summed E-state index contributed by atoms with van der Waals surface area (Å²) in [5.74, 6) is 0. The van der Waals surface area contributed by atoms with Crippen LogP contribution in [0.5, 0.6) is 0 Å². The van der Waals surface area contributed by atoms with Crippen LogP contribution in [0.25, 0.3) is 0 Å². The van der Waals surface area contributed by atoms with E-state index < -0.39 is 0 Å². The number of benzene rings is 1. The quantitative estimate of drug-likeness (QED) is 0.702. The van der Waals surface area contributed by atoms with Crippen LogP contribution in [0, 0.1) is 0 Å². The maximum atomic E-state index is 5.62. The highest BCUT2D eigenvalue weighted by Gasteiger charge is 2.03. The minimum atomic E-state index is 0.513. The van der Waals surface area contributed by atoms with Crippen molar-refractivity contribution in [1.29, 1.82) is 0 Å². The van der Waals surface area contributed by atoms with Crippen molar-refractivity contribution in [2.24, 2.45) is 0 Å². The molecule has 1 N–H and O–H groups in total. The van der Waals surface area contributed by atoms with Crippen LogP contribution < -0.4 is 10.8 Å². The first-order valence-corrected chi connectivity index (χ1v) is 5.18. The largest absolute Gasteiger partial charge is 0.312 e. The van der Waals surface area contributed by atoms with Gasteiger partial charge in [0.15, 0.2) is 0 Å². The summed E-state index contributed by atoms with van der Waals surface area (Å²) in [7, 11) is 5.62. The van der Waals surface area contributed by atoms with E-state index in [4.69, 9.17) is 7.85 Å². The van der Waals surface area contributed by atoms with E-state index in [0.717, 1.165) is 11.9 Å². The zero-order valence-corrected chi connectivity index (χ0v) is 9.25. The molecule has 0 aliphatic heterocycles. The van der Waals surface area contributed by atoms with Gasteiger partial charge in [-0.2, -0.15) is 0 Å². The molecule has 0 aliphatic carbocycles. The van der Waals surface area contributed by atoms with Crippen molar-refractivity contribution in [1.82, 2.24) is 5.32 Å². The van der Waals surface area contributed by atoms with Crippen molar-refractivity contribution in [3.05, 3.63) is 29.8 Å². The molecule has 0 aromatic heterocycles. The van der Waals surface area contributed by atoms with Crippen LogP contribution in [0.15, 0.2) is 24.3 Å². The highest BCUT2D eigenvalue weighted by molar-refractivity contribution is 6.32. The van der Waals surface area contributed by atoms with Gasteiger partial charge in [0.05, 0.1) is 0 Å². The van der Waals surface area contributed by atoms with Crippen LogP contribution in [0.2, 0.25) is 0 Å². The molecule has 1 unspecified atom stereocenters. The van der Waals surface area contributed by atoms with Gasteiger partial charge in [0, 0.05) is 12.1 Å². The molecule has 1 atom stereocenters. The Morgan fingerprint density at radius 3 is 2.21 bits per heavy atom. The fourth-order valence-corrected chi connectivity index (χ4v) is 1.64. The Bertz CT molecular complexity index is 266. The van der Waals surface area contributed by atoms with Crippen molar-refractivity contribution >= 4 is 13.3 Å². The van der Waals surface area contributed by atoms with Crippen molar-refractivity contribution in [3.8, 4) is 0 Å². The average Bonchev–Trinajstić information content (AvgIpc) is 2.07. The van der Waals surface area contributed by atoms with E-state index in [1.165, 1.54) is 5.56 Å². The molecule has 1 aromatic carbocycles. The third-order valence-corrected chi connectivity index (χ3v) is 2.14. The topological polar surface area (TPSA) is 12.0 Å². The second kappa shape index (κ2) is 5.21. The molecule has 0 heterocycles. The van der Waals surface area contributed by atoms with Gasteiger partial charge in [-0.15, -0.1) is 0 Å². The van der Waals surface area contributed by atoms with Crippen LogP contribution in [0.3, 0.4) is 0 Å². The predicted octanol–water partition coefficient (Wildman–Crippen LogP) is 1.41. The van der Waals surface area contributed by atoms with Crippen LogP contribution >= 0.6 is 0 Å². The SMILES string of the molecule is [B]c1ccc(CC(C)NC(C)C)cc1. The Morgan fingerprint density at radius 1 is 1.14 bits per heavy atom. The fourth-order valence-electron chi connectivity index (χ4n) is 1.64. The molecule has 2 radical (unpaired) electrons. The Hall–Kier alpha value is -0.755. The van der Waals surface area contributed by atoms with Crippen molar-refractivity contribution in [2.45, 2.75) is 39.3 Å². The third kappa shape index (κ3) is 3.97. The van der Waals surface area contributed by atoms with Gasteiger partial charge in [-0.25, -0.2) is 0 Å². The molecule has 0 saturated carbocycles. The van der Waals surface area contributed by atoms with Crippen LogP contribution in [-0.2, 0) is 6.42 Å². The van der Waals surface area contributed by atoms with E-state index in [0.29, 0.717) is 12.1 Å². The molecule has 74 valence electrons. The molecule has 2 heteroatoms. The minimum absolute atomic E-state index is 0.513.